The van der Waals surface area contributed by atoms with Gasteiger partial charge in [0.05, 0.1) is 17.4 Å². The maximum Gasteiger partial charge on any atom is 0.449 e. The van der Waals surface area contributed by atoms with Gasteiger partial charge in [0.15, 0.2) is 0 Å². The van der Waals surface area contributed by atoms with Gasteiger partial charge in [-0.2, -0.15) is 13.2 Å². The zero-order valence-electron chi connectivity index (χ0n) is 18.1. The third-order valence-electron chi connectivity index (χ3n) is 7.02. The van der Waals surface area contributed by atoms with Gasteiger partial charge in [0.2, 0.25) is 5.84 Å². The van der Waals surface area contributed by atoms with Gasteiger partial charge in [-0.3, -0.25) is 0 Å². The van der Waals surface area contributed by atoms with Crippen LogP contribution in [0.1, 0.15) is 46.5 Å². The molecule has 0 N–H and O–H groups in total. The number of hydrogen-bond donors (Lipinski definition) is 0. The van der Waals surface area contributed by atoms with Crippen molar-refractivity contribution in [3.05, 3.63) is 82.3 Å². The summed E-state index contributed by atoms with van der Waals surface area (Å²) in [7, 11) is 0. The van der Waals surface area contributed by atoms with Crippen LogP contribution in [0.15, 0.2) is 87.3 Å². The Morgan fingerprint density at radius 2 is 1.90 bits per heavy atom. The number of halogens is 3. The smallest absolute Gasteiger partial charge is 0.310 e. The van der Waals surface area contributed by atoms with Crippen molar-refractivity contribution in [1.29, 1.82) is 0 Å². The Bertz CT molecular complexity index is 1060. The van der Waals surface area contributed by atoms with Gasteiger partial charge < -0.3 is 4.90 Å². The van der Waals surface area contributed by atoms with Crippen LogP contribution in [-0.4, -0.2) is 23.0 Å². The number of allylic oxidation sites excluding steroid dienone is 8. The molecule has 0 fully saturated rings. The first-order valence-corrected chi connectivity index (χ1v) is 11.0. The minimum Gasteiger partial charge on any atom is -0.310 e. The lowest BCUT2D eigenvalue weighted by atomic mass is 9.71. The van der Waals surface area contributed by atoms with Crippen molar-refractivity contribution in [2.75, 3.05) is 0 Å². The van der Waals surface area contributed by atoms with E-state index in [1.54, 1.807) is 12.2 Å². The van der Waals surface area contributed by atoms with Crippen LogP contribution in [0.4, 0.5) is 13.2 Å². The highest BCUT2D eigenvalue weighted by molar-refractivity contribution is 5.95. The molecule has 5 aliphatic rings. The molecule has 0 saturated heterocycles. The number of fused-ring (bicyclic) bond motifs is 4. The number of alkyl halides is 3. The lowest BCUT2D eigenvalue weighted by molar-refractivity contribution is -0.0678. The summed E-state index contributed by atoms with van der Waals surface area (Å²) in [5.41, 5.74) is 5.40. The van der Waals surface area contributed by atoms with Gasteiger partial charge in [-0.05, 0) is 54.2 Å². The average molecular weight is 425 g/mol. The van der Waals surface area contributed by atoms with Crippen LogP contribution >= 0.6 is 0 Å². The first-order chi connectivity index (χ1) is 14.7. The third-order valence-corrected chi connectivity index (χ3v) is 7.02. The quantitative estimate of drug-likeness (QED) is 0.445. The molecule has 0 bridgehead atoms. The molecule has 5 heteroatoms. The number of nitrogens with zero attached hydrogens (tertiary/aromatic N) is 2. The fraction of sp³-hybridized carbons (Fsp3) is 0.423. The lowest BCUT2D eigenvalue weighted by Gasteiger charge is -2.37. The van der Waals surface area contributed by atoms with Crippen molar-refractivity contribution in [1.82, 2.24) is 4.90 Å². The topological polar surface area (TPSA) is 15.6 Å². The van der Waals surface area contributed by atoms with E-state index in [1.807, 2.05) is 30.4 Å². The van der Waals surface area contributed by atoms with E-state index in [0.29, 0.717) is 23.7 Å². The second-order valence-corrected chi connectivity index (χ2v) is 9.90. The lowest BCUT2D eigenvalue weighted by Crippen LogP contribution is -2.46. The van der Waals surface area contributed by atoms with Gasteiger partial charge in [0.1, 0.15) is 0 Å². The summed E-state index contributed by atoms with van der Waals surface area (Å²) < 4.78 is 42.4. The minimum atomic E-state index is -4.52. The third kappa shape index (κ3) is 3.29. The van der Waals surface area contributed by atoms with E-state index in [-0.39, 0.29) is 5.41 Å². The van der Waals surface area contributed by atoms with Crippen LogP contribution in [0, 0.1) is 11.3 Å². The molecule has 0 aromatic heterocycles. The van der Waals surface area contributed by atoms with Crippen molar-refractivity contribution in [2.24, 2.45) is 16.3 Å². The Kier molecular flexibility index (Phi) is 4.58. The molecule has 2 nitrogen and oxygen atoms in total. The highest BCUT2D eigenvalue weighted by Crippen LogP contribution is 2.51. The molecular formula is C26H27F3N2. The highest BCUT2D eigenvalue weighted by atomic mass is 19.4. The fourth-order valence-electron chi connectivity index (χ4n) is 5.34. The second kappa shape index (κ2) is 6.98. The molecule has 2 unspecified atom stereocenters. The maximum absolute atomic E-state index is 14.1. The van der Waals surface area contributed by atoms with Crippen LogP contribution in [0.2, 0.25) is 0 Å². The molecule has 3 aliphatic carbocycles. The molecule has 31 heavy (non-hydrogen) atoms. The van der Waals surface area contributed by atoms with Gasteiger partial charge in [0, 0.05) is 11.1 Å². The molecule has 2 atom stereocenters. The predicted molar refractivity (Wildman–Crippen MR) is 118 cm³/mol. The first kappa shape index (κ1) is 20.3. The summed E-state index contributed by atoms with van der Waals surface area (Å²) in [6, 6.07) is -0.462. The van der Waals surface area contributed by atoms with Crippen LogP contribution in [0.25, 0.3) is 0 Å². The monoisotopic (exact) mass is 424 g/mol. The van der Waals surface area contributed by atoms with Crippen LogP contribution in [-0.2, 0) is 0 Å². The molecule has 0 saturated carbocycles. The van der Waals surface area contributed by atoms with Gasteiger partial charge >= 0.3 is 6.18 Å². The molecule has 2 heterocycles. The standard InChI is InChI=1S/C26H27F3N2/c1-25(2,3)17-14-12-16(13-15-17)22-19-9-5-7-11-21(19)31-23(22)18-8-4-6-10-20(18)30-24(31)26(27,28)29/h4-7,9-12,17,21H,8,13-15H2,1-3H3. The number of rotatable bonds is 1. The van der Waals surface area contributed by atoms with E-state index in [1.165, 1.54) is 10.5 Å². The molecule has 0 amide bonds. The van der Waals surface area contributed by atoms with Crippen LogP contribution in [0.3, 0.4) is 0 Å². The molecule has 162 valence electrons. The van der Waals surface area contributed by atoms with E-state index in [4.69, 9.17) is 0 Å². The first-order valence-electron chi connectivity index (χ1n) is 11.0. The second-order valence-electron chi connectivity index (χ2n) is 9.90. The molecule has 0 spiro atoms. The highest BCUT2D eigenvalue weighted by Gasteiger charge is 2.51. The Hall–Kier alpha value is -2.56. The average Bonchev–Trinajstić information content (AvgIpc) is 3.07. The van der Waals surface area contributed by atoms with Crippen molar-refractivity contribution < 1.29 is 13.2 Å². The molecule has 0 aromatic rings. The number of hydrogen-bond acceptors (Lipinski definition) is 2. The van der Waals surface area contributed by atoms with E-state index >= 15 is 0 Å². The maximum atomic E-state index is 14.1. The van der Waals surface area contributed by atoms with Crippen molar-refractivity contribution in [2.45, 2.75) is 58.7 Å². The summed E-state index contributed by atoms with van der Waals surface area (Å²) in [5.74, 6) is -0.226. The summed E-state index contributed by atoms with van der Waals surface area (Å²) >= 11 is 0. The zero-order chi connectivity index (χ0) is 22.0. The Morgan fingerprint density at radius 1 is 1.10 bits per heavy atom. The Morgan fingerprint density at radius 3 is 2.58 bits per heavy atom. The SMILES string of the molecule is CC(C)(C)C1CC=C(C2=C3C=CC=CC3N3C(C(F)(F)F)=NC4=CC=CCC4=C23)CC1. The van der Waals surface area contributed by atoms with Gasteiger partial charge in [-0.1, -0.05) is 63.3 Å². The van der Waals surface area contributed by atoms with E-state index in [9.17, 15) is 13.2 Å². The zero-order valence-corrected chi connectivity index (χ0v) is 18.1. The summed E-state index contributed by atoms with van der Waals surface area (Å²) in [4.78, 5) is 5.54. The van der Waals surface area contributed by atoms with Crippen molar-refractivity contribution >= 4 is 5.84 Å². The van der Waals surface area contributed by atoms with Crippen molar-refractivity contribution in [3.63, 3.8) is 0 Å². The van der Waals surface area contributed by atoms with Gasteiger partial charge in [-0.25, -0.2) is 4.99 Å². The van der Waals surface area contributed by atoms with Crippen molar-refractivity contribution in [3.8, 4) is 0 Å². The molecule has 5 rings (SSSR count). The minimum absolute atomic E-state index is 0.227. The largest absolute Gasteiger partial charge is 0.449 e. The summed E-state index contributed by atoms with van der Waals surface area (Å²) in [6.07, 6.45) is 14.4. The molecule has 0 aromatic carbocycles. The summed E-state index contributed by atoms with van der Waals surface area (Å²) in [5, 5.41) is 0. The summed E-state index contributed by atoms with van der Waals surface area (Å²) in [6.45, 7) is 6.80. The van der Waals surface area contributed by atoms with Gasteiger partial charge in [0.25, 0.3) is 0 Å². The Balaban J connectivity index is 1.67. The fourth-order valence-corrected chi connectivity index (χ4v) is 5.34. The molecule has 0 radical (unpaired) electrons. The van der Waals surface area contributed by atoms with E-state index in [2.05, 4.69) is 31.8 Å². The number of aliphatic imine (C=N–C) groups is 1. The predicted octanol–water partition coefficient (Wildman–Crippen LogP) is 6.94. The van der Waals surface area contributed by atoms with Crippen LogP contribution in [0.5, 0.6) is 0 Å². The van der Waals surface area contributed by atoms with E-state index < -0.39 is 18.1 Å². The van der Waals surface area contributed by atoms with Gasteiger partial charge in [-0.15, -0.1) is 0 Å². The van der Waals surface area contributed by atoms with Crippen LogP contribution < -0.4 is 0 Å². The molecule has 2 aliphatic heterocycles. The van der Waals surface area contributed by atoms with E-state index in [0.717, 1.165) is 36.0 Å². The number of amidine groups is 1. The Labute approximate surface area is 181 Å². The molecular weight excluding hydrogens is 397 g/mol. The normalized spacial score (nSPS) is 27.7.